The van der Waals surface area contributed by atoms with Crippen LogP contribution in [0.15, 0.2) is 59.7 Å². The van der Waals surface area contributed by atoms with Gasteiger partial charge in [0.15, 0.2) is 23.0 Å². The normalized spacial score (nSPS) is 22.6. The van der Waals surface area contributed by atoms with Crippen molar-refractivity contribution < 1.29 is 33.3 Å². The molecule has 1 aliphatic carbocycles. The molecule has 4 heterocycles. The van der Waals surface area contributed by atoms with Gasteiger partial charge in [0.25, 0.3) is 11.8 Å². The quantitative estimate of drug-likeness (QED) is 0.221. The first-order valence-electron chi connectivity index (χ1n) is 17.4. The van der Waals surface area contributed by atoms with Gasteiger partial charge in [-0.15, -0.1) is 0 Å². The van der Waals surface area contributed by atoms with Crippen molar-refractivity contribution in [2.75, 3.05) is 46.4 Å². The molecule has 11 nitrogen and oxygen atoms in total. The Morgan fingerprint density at radius 3 is 2.24 bits per heavy atom. The summed E-state index contributed by atoms with van der Waals surface area (Å²) in [6.45, 7) is 1.61. The number of benzene rings is 3. The molecular weight excluding hydrogens is 636 g/mol. The predicted molar refractivity (Wildman–Crippen MR) is 189 cm³/mol. The second kappa shape index (κ2) is 13.3. The van der Waals surface area contributed by atoms with Crippen LogP contribution >= 0.6 is 0 Å². The highest BCUT2D eigenvalue weighted by Crippen LogP contribution is 2.50. The summed E-state index contributed by atoms with van der Waals surface area (Å²) < 4.78 is 28.8. The molecule has 1 N–H and O–H groups in total. The molecule has 3 aromatic carbocycles. The summed E-state index contributed by atoms with van der Waals surface area (Å²) in [6, 6.07) is 15.6. The molecule has 5 aliphatic rings. The monoisotopic (exact) mass is 678 g/mol. The lowest BCUT2D eigenvalue weighted by atomic mass is 10.0. The summed E-state index contributed by atoms with van der Waals surface area (Å²) in [5, 5.41) is 3.48. The second-order valence-corrected chi connectivity index (χ2v) is 13.5. The zero-order valence-electron chi connectivity index (χ0n) is 28.6. The summed E-state index contributed by atoms with van der Waals surface area (Å²) in [4.78, 5) is 35.6. The van der Waals surface area contributed by atoms with Crippen molar-refractivity contribution in [3.8, 4) is 28.7 Å². The smallest absolute Gasteiger partial charge is 0.260 e. The molecule has 1 saturated heterocycles. The van der Waals surface area contributed by atoms with Crippen molar-refractivity contribution in [1.29, 1.82) is 0 Å². The summed E-state index contributed by atoms with van der Waals surface area (Å²) in [5.41, 5.74) is 4.70. The van der Waals surface area contributed by atoms with Gasteiger partial charge in [0.1, 0.15) is 5.75 Å². The number of unbranched alkanes of at least 4 members (excludes halogenated alkanes) is 2. The van der Waals surface area contributed by atoms with Crippen molar-refractivity contribution in [3.05, 3.63) is 71.4 Å². The van der Waals surface area contributed by atoms with Crippen LogP contribution in [0.5, 0.6) is 28.7 Å². The Morgan fingerprint density at radius 1 is 0.800 bits per heavy atom. The van der Waals surface area contributed by atoms with E-state index in [0.717, 1.165) is 61.1 Å². The maximum atomic E-state index is 13.7. The third-order valence-corrected chi connectivity index (χ3v) is 10.5. The third-order valence-electron chi connectivity index (χ3n) is 10.5. The lowest BCUT2D eigenvalue weighted by Crippen LogP contribution is -2.38. The average Bonchev–Trinajstić information content (AvgIpc) is 3.68. The number of rotatable bonds is 12. The zero-order valence-corrected chi connectivity index (χ0v) is 28.6. The van der Waals surface area contributed by atoms with Gasteiger partial charge in [-0.2, -0.15) is 0 Å². The van der Waals surface area contributed by atoms with Gasteiger partial charge in [0.05, 0.1) is 69.1 Å². The molecule has 4 atom stereocenters. The number of fused-ring (bicyclic) bond motifs is 6. The number of aliphatic imine (C=N–C) groups is 1. The van der Waals surface area contributed by atoms with Gasteiger partial charge in [0, 0.05) is 37.1 Å². The van der Waals surface area contributed by atoms with Gasteiger partial charge in [0.2, 0.25) is 0 Å². The van der Waals surface area contributed by atoms with Gasteiger partial charge < -0.3 is 38.8 Å². The van der Waals surface area contributed by atoms with Crippen molar-refractivity contribution in [1.82, 2.24) is 9.80 Å². The predicted octanol–water partition coefficient (Wildman–Crippen LogP) is 6.34. The minimum atomic E-state index is -0.0652. The maximum Gasteiger partial charge on any atom is 0.260 e. The minimum absolute atomic E-state index is 0.00808. The number of ether oxygens (including phenoxy) is 5. The molecule has 260 valence electrons. The Balaban J connectivity index is 0.850. The molecule has 0 bridgehead atoms. The first kappa shape index (κ1) is 32.0. The molecule has 2 amide bonds. The average molecular weight is 679 g/mol. The van der Waals surface area contributed by atoms with Crippen LogP contribution in [0.3, 0.4) is 0 Å². The fourth-order valence-electron chi connectivity index (χ4n) is 7.67. The number of anilines is 1. The Bertz CT molecular complexity index is 1870. The molecule has 3 aromatic rings. The zero-order chi connectivity index (χ0) is 34.4. The molecule has 0 spiro atoms. The SMILES string of the molecule is COc1ccc(C2=CN3C(=O)c4cc(OC)c(OCCCCCOc5cc6c(cc5OC)C(=O)N5[C@@H](C=N6)C[C@@H]6C[C@@H]65)cc4NC[C@@H]3C2)cc1. The topological polar surface area (TPSA) is 111 Å². The molecule has 0 radical (unpaired) electrons. The number of amides is 2. The number of nitrogens with one attached hydrogen (secondary N) is 1. The van der Waals surface area contributed by atoms with Gasteiger partial charge in [-0.1, -0.05) is 12.1 Å². The number of hydrogen-bond acceptors (Lipinski definition) is 9. The van der Waals surface area contributed by atoms with E-state index in [1.165, 1.54) is 0 Å². The Labute approximate surface area is 291 Å². The number of piperidine rings is 1. The van der Waals surface area contributed by atoms with Crippen LogP contribution in [0.4, 0.5) is 11.4 Å². The largest absolute Gasteiger partial charge is 0.497 e. The fourth-order valence-corrected chi connectivity index (χ4v) is 7.67. The number of carbonyl (C=O) groups excluding carboxylic acids is 2. The lowest BCUT2D eigenvalue weighted by Gasteiger charge is -2.23. The van der Waals surface area contributed by atoms with Gasteiger partial charge >= 0.3 is 0 Å². The number of carbonyl (C=O) groups is 2. The standard InChI is InChI=1S/C39H42N4O7/c1-46-28-9-7-23(8-10-28)25-14-26-20-40-31-18-36(34(47-2)16-29(31)38(44)42(26)22-25)49-11-5-4-6-12-50-37-19-32-30(17-35(37)48-3)39(45)43-27(21-41-32)13-24-15-33(24)43/h7-10,16-19,21-22,24,26-27,33,40H,4-6,11-15,20H2,1-3H3/t24-,26+,27-,33+/m1/s1. The first-order valence-corrected chi connectivity index (χ1v) is 17.4. The van der Waals surface area contributed by atoms with E-state index in [2.05, 4.69) is 10.3 Å². The van der Waals surface area contributed by atoms with E-state index in [1.54, 1.807) is 33.5 Å². The summed E-state index contributed by atoms with van der Waals surface area (Å²) in [7, 11) is 4.83. The third kappa shape index (κ3) is 5.88. The van der Waals surface area contributed by atoms with E-state index >= 15 is 0 Å². The van der Waals surface area contributed by atoms with Crippen LogP contribution in [0.25, 0.3) is 5.57 Å². The van der Waals surface area contributed by atoms with Crippen LogP contribution in [0, 0.1) is 5.92 Å². The highest BCUT2D eigenvalue weighted by molar-refractivity contribution is 6.04. The number of nitrogens with zero attached hydrogens (tertiary/aromatic N) is 3. The van der Waals surface area contributed by atoms with Crippen LogP contribution in [0.1, 0.15) is 64.8 Å². The molecule has 50 heavy (non-hydrogen) atoms. The molecule has 4 aliphatic heterocycles. The first-order chi connectivity index (χ1) is 24.4. The minimum Gasteiger partial charge on any atom is -0.497 e. The Morgan fingerprint density at radius 2 is 1.52 bits per heavy atom. The maximum absolute atomic E-state index is 13.7. The van der Waals surface area contributed by atoms with Crippen LogP contribution < -0.4 is 29.0 Å². The summed E-state index contributed by atoms with van der Waals surface area (Å²) >= 11 is 0. The number of hydrogen-bond donors (Lipinski definition) is 1. The molecule has 1 saturated carbocycles. The highest BCUT2D eigenvalue weighted by Gasteiger charge is 2.54. The molecule has 0 unspecified atom stereocenters. The van der Waals surface area contributed by atoms with E-state index in [9.17, 15) is 9.59 Å². The van der Waals surface area contributed by atoms with Crippen LogP contribution in [0.2, 0.25) is 0 Å². The van der Waals surface area contributed by atoms with E-state index in [4.69, 9.17) is 23.7 Å². The summed E-state index contributed by atoms with van der Waals surface area (Å²) in [6.07, 6.45) is 9.24. The van der Waals surface area contributed by atoms with Crippen molar-refractivity contribution >= 4 is 35.0 Å². The molecule has 2 fully saturated rings. The van der Waals surface area contributed by atoms with Crippen LogP contribution in [-0.4, -0.2) is 87.0 Å². The van der Waals surface area contributed by atoms with E-state index < -0.39 is 0 Å². The molecule has 0 aromatic heterocycles. The molecule has 8 rings (SSSR count). The lowest BCUT2D eigenvalue weighted by molar-refractivity contribution is 0.0745. The Kier molecular flexibility index (Phi) is 8.50. The van der Waals surface area contributed by atoms with Crippen molar-refractivity contribution in [2.45, 2.75) is 56.7 Å². The van der Waals surface area contributed by atoms with Crippen molar-refractivity contribution in [2.24, 2.45) is 10.9 Å². The van der Waals surface area contributed by atoms with E-state index in [0.29, 0.717) is 71.5 Å². The van der Waals surface area contributed by atoms with Gasteiger partial charge in [-0.05, 0) is 79.8 Å². The highest BCUT2D eigenvalue weighted by atomic mass is 16.5. The van der Waals surface area contributed by atoms with Crippen LogP contribution in [-0.2, 0) is 0 Å². The second-order valence-electron chi connectivity index (χ2n) is 13.5. The fraction of sp³-hybridized carbons (Fsp3) is 0.410. The van der Waals surface area contributed by atoms with E-state index in [-0.39, 0.29) is 23.9 Å². The molecule has 11 heteroatoms. The van der Waals surface area contributed by atoms with E-state index in [1.807, 2.05) is 58.6 Å². The van der Waals surface area contributed by atoms with Gasteiger partial charge in [-0.3, -0.25) is 14.6 Å². The molecular formula is C39H42N4O7. The summed E-state index contributed by atoms with van der Waals surface area (Å²) in [5.74, 6) is 3.64. The van der Waals surface area contributed by atoms with Gasteiger partial charge in [-0.25, -0.2) is 0 Å². The number of methoxy groups -OCH3 is 3. The Hall–Kier alpha value is -5.19. The van der Waals surface area contributed by atoms with Crippen molar-refractivity contribution in [3.63, 3.8) is 0 Å².